The molecule has 0 unspecified atom stereocenters. The molecule has 2 N–H and O–H groups in total. The Hall–Kier alpha value is -3.09. The number of aromatic hydroxyl groups is 1. The molecule has 0 saturated carbocycles. The Balaban J connectivity index is 2.02. The van der Waals surface area contributed by atoms with Crippen molar-refractivity contribution in [1.82, 2.24) is 4.98 Å². The number of carbonyl (C=O) groups excluding carboxylic acids is 1. The molecule has 2 aromatic rings. The average Bonchev–Trinajstić information content (AvgIpc) is 3.01. The first-order valence-corrected chi connectivity index (χ1v) is 5.99. The summed E-state index contributed by atoms with van der Waals surface area (Å²) in [6, 6.07) is 4.92. The van der Waals surface area contributed by atoms with Gasteiger partial charge in [0.25, 0.3) is 0 Å². The summed E-state index contributed by atoms with van der Waals surface area (Å²) in [5.41, 5.74) is 2.40. The highest BCUT2D eigenvalue weighted by Crippen LogP contribution is 2.34. The molecule has 0 bridgehead atoms. The summed E-state index contributed by atoms with van der Waals surface area (Å²) in [7, 11) is 1.31. The summed E-state index contributed by atoms with van der Waals surface area (Å²) in [5, 5.41) is 9.49. The lowest BCUT2D eigenvalue weighted by atomic mass is 10.0. The summed E-state index contributed by atoms with van der Waals surface area (Å²) in [4.78, 5) is 28.7. The minimum Gasteiger partial charge on any atom is -0.492 e. The van der Waals surface area contributed by atoms with E-state index in [-0.39, 0.29) is 11.6 Å². The third kappa shape index (κ3) is 2.25. The van der Waals surface area contributed by atoms with E-state index in [0.717, 1.165) is 5.56 Å². The van der Waals surface area contributed by atoms with Crippen molar-refractivity contribution in [3.63, 3.8) is 0 Å². The van der Waals surface area contributed by atoms with Crippen LogP contribution in [0.25, 0.3) is 11.6 Å². The van der Waals surface area contributed by atoms with Gasteiger partial charge in [-0.15, -0.1) is 0 Å². The van der Waals surface area contributed by atoms with E-state index in [1.807, 2.05) is 0 Å². The number of allylic oxidation sites excluding steroid dienone is 1. The third-order valence-corrected chi connectivity index (χ3v) is 3.02. The molecule has 0 saturated heterocycles. The Kier molecular flexibility index (Phi) is 2.94. The minimum atomic E-state index is -0.740. The Bertz CT molecular complexity index is 841. The topological polar surface area (TPSA) is 105 Å². The lowest BCUT2D eigenvalue weighted by molar-refractivity contribution is 0.0601. The predicted octanol–water partition coefficient (Wildman–Crippen LogP) is 1.72. The number of aromatic nitrogens is 1. The number of nitrogens with one attached hydrogen (secondary N) is 1. The van der Waals surface area contributed by atoms with Gasteiger partial charge in [0.05, 0.1) is 18.4 Å². The lowest BCUT2D eigenvalue weighted by Gasteiger charge is -2.02. The van der Waals surface area contributed by atoms with Crippen LogP contribution in [0.1, 0.15) is 21.7 Å². The van der Waals surface area contributed by atoms with Crippen LogP contribution in [0.2, 0.25) is 0 Å². The molecular weight excluding hydrogens is 276 g/mol. The first-order valence-electron chi connectivity index (χ1n) is 5.99. The molecule has 106 valence electrons. The van der Waals surface area contributed by atoms with Crippen LogP contribution < -0.4 is 5.76 Å². The van der Waals surface area contributed by atoms with E-state index in [1.165, 1.54) is 13.2 Å². The second-order valence-corrected chi connectivity index (χ2v) is 4.31. The van der Waals surface area contributed by atoms with E-state index < -0.39 is 11.7 Å². The molecule has 0 fully saturated rings. The van der Waals surface area contributed by atoms with Crippen molar-refractivity contribution in [3.8, 4) is 5.88 Å². The molecule has 1 aliphatic rings. The quantitative estimate of drug-likeness (QED) is 0.818. The van der Waals surface area contributed by atoms with Crippen LogP contribution >= 0.6 is 0 Å². The van der Waals surface area contributed by atoms with Crippen molar-refractivity contribution in [2.75, 3.05) is 7.11 Å². The smallest absolute Gasteiger partial charge is 0.419 e. The molecule has 0 spiro atoms. The van der Waals surface area contributed by atoms with E-state index in [1.54, 1.807) is 24.4 Å². The lowest BCUT2D eigenvalue weighted by Crippen LogP contribution is -2.00. The van der Waals surface area contributed by atoms with Crippen molar-refractivity contribution < 1.29 is 19.1 Å². The van der Waals surface area contributed by atoms with Crippen LogP contribution in [-0.2, 0) is 4.74 Å². The van der Waals surface area contributed by atoms with E-state index in [2.05, 4.69) is 14.7 Å². The molecule has 1 aliphatic heterocycles. The van der Waals surface area contributed by atoms with Gasteiger partial charge in [-0.2, -0.15) is 0 Å². The Morgan fingerprint density at radius 2 is 2.29 bits per heavy atom. The van der Waals surface area contributed by atoms with Crippen LogP contribution in [0.4, 0.5) is 5.69 Å². The van der Waals surface area contributed by atoms with E-state index >= 15 is 0 Å². The van der Waals surface area contributed by atoms with Crippen molar-refractivity contribution >= 4 is 29.5 Å². The summed E-state index contributed by atoms with van der Waals surface area (Å²) >= 11 is 0. The number of esters is 1. The van der Waals surface area contributed by atoms with Crippen LogP contribution in [0, 0.1) is 0 Å². The zero-order chi connectivity index (χ0) is 15.0. The number of rotatable bonds is 2. The molecule has 2 heterocycles. The first kappa shape index (κ1) is 12.9. The van der Waals surface area contributed by atoms with E-state index in [9.17, 15) is 14.7 Å². The molecule has 3 rings (SSSR count). The number of hydrogen-bond donors (Lipinski definition) is 2. The summed E-state index contributed by atoms with van der Waals surface area (Å²) in [6.45, 7) is 0. The molecule has 21 heavy (non-hydrogen) atoms. The van der Waals surface area contributed by atoms with Crippen molar-refractivity contribution in [2.24, 2.45) is 4.99 Å². The minimum absolute atomic E-state index is 0.0198. The number of methoxy groups -OCH3 is 1. The molecule has 0 radical (unpaired) electrons. The van der Waals surface area contributed by atoms with Gasteiger partial charge in [-0.3, -0.25) is 9.98 Å². The fraction of sp³-hybridized carbons (Fsp3) is 0.0714. The number of benzene rings is 1. The number of fused-ring (bicyclic) bond motifs is 1. The molecule has 0 amide bonds. The average molecular weight is 286 g/mol. The van der Waals surface area contributed by atoms with Crippen LogP contribution in [0.15, 0.2) is 32.4 Å². The summed E-state index contributed by atoms with van der Waals surface area (Å²) in [6.07, 6.45) is 3.04. The Morgan fingerprint density at radius 3 is 2.95 bits per heavy atom. The highest BCUT2D eigenvalue weighted by Gasteiger charge is 2.17. The summed E-state index contributed by atoms with van der Waals surface area (Å²) in [5.74, 6) is -1.51. The molecular formula is C14H10N2O5. The number of aliphatic imine (C=N–C) groups is 1. The van der Waals surface area contributed by atoms with Gasteiger partial charge in [0.15, 0.2) is 5.76 Å². The molecule has 0 aliphatic carbocycles. The third-order valence-electron chi connectivity index (χ3n) is 3.02. The van der Waals surface area contributed by atoms with Crippen molar-refractivity contribution in [1.29, 1.82) is 0 Å². The van der Waals surface area contributed by atoms with Crippen LogP contribution in [0.5, 0.6) is 5.88 Å². The van der Waals surface area contributed by atoms with Crippen molar-refractivity contribution in [3.05, 3.63) is 45.6 Å². The number of nitrogens with zero attached hydrogens (tertiary/aromatic N) is 1. The van der Waals surface area contributed by atoms with Gasteiger partial charge in [-0.05, 0) is 18.2 Å². The van der Waals surface area contributed by atoms with Gasteiger partial charge in [-0.25, -0.2) is 9.59 Å². The number of carbonyl (C=O) groups is 1. The highest BCUT2D eigenvalue weighted by molar-refractivity contribution is 6.21. The number of oxazole rings is 1. The van der Waals surface area contributed by atoms with Gasteiger partial charge in [0.2, 0.25) is 5.88 Å². The largest absolute Gasteiger partial charge is 0.492 e. The summed E-state index contributed by atoms with van der Waals surface area (Å²) < 4.78 is 9.44. The molecule has 0 atom stereocenters. The van der Waals surface area contributed by atoms with Gasteiger partial charge in [0, 0.05) is 17.4 Å². The van der Waals surface area contributed by atoms with Gasteiger partial charge < -0.3 is 14.3 Å². The fourth-order valence-corrected chi connectivity index (χ4v) is 2.02. The SMILES string of the molecule is COC(=O)c1ccc2c(c1)N=CC2=Cc1oc(=O)[nH]c1O. The second-order valence-electron chi connectivity index (χ2n) is 4.31. The van der Waals surface area contributed by atoms with Gasteiger partial charge in [0.1, 0.15) is 0 Å². The number of aromatic amines is 1. The Labute approximate surface area is 118 Å². The van der Waals surface area contributed by atoms with Crippen molar-refractivity contribution in [2.45, 2.75) is 0 Å². The highest BCUT2D eigenvalue weighted by atomic mass is 16.5. The molecule has 1 aromatic carbocycles. The van der Waals surface area contributed by atoms with E-state index in [0.29, 0.717) is 16.8 Å². The standard InChI is InChI=1S/C14H10N2O5/c1-20-13(18)7-2-3-9-8(6-15-10(9)4-7)5-11-12(17)16-14(19)21-11/h2-6,17H,1H3,(H,16,19). The van der Waals surface area contributed by atoms with Gasteiger partial charge in [-0.1, -0.05) is 6.07 Å². The number of hydrogen-bond acceptors (Lipinski definition) is 6. The zero-order valence-electron chi connectivity index (χ0n) is 10.9. The first-order chi connectivity index (χ1) is 10.1. The maximum absolute atomic E-state index is 11.5. The zero-order valence-corrected chi connectivity index (χ0v) is 10.9. The maximum atomic E-state index is 11.5. The van der Waals surface area contributed by atoms with Gasteiger partial charge >= 0.3 is 11.7 Å². The van der Waals surface area contributed by atoms with Crippen LogP contribution in [0.3, 0.4) is 0 Å². The Morgan fingerprint density at radius 1 is 1.48 bits per heavy atom. The number of ether oxygens (including phenoxy) is 1. The second kappa shape index (κ2) is 4.78. The molecule has 7 heteroatoms. The normalized spacial score (nSPS) is 14.4. The molecule has 7 nitrogen and oxygen atoms in total. The van der Waals surface area contributed by atoms with Crippen LogP contribution in [-0.4, -0.2) is 29.4 Å². The fourth-order valence-electron chi connectivity index (χ4n) is 2.02. The number of H-pyrrole nitrogens is 1. The monoisotopic (exact) mass is 286 g/mol. The predicted molar refractivity (Wildman–Crippen MR) is 74.8 cm³/mol. The maximum Gasteiger partial charge on any atom is 0.419 e. The molecule has 1 aromatic heterocycles. The van der Waals surface area contributed by atoms with E-state index in [4.69, 9.17) is 4.42 Å².